The Morgan fingerprint density at radius 3 is 1.70 bits per heavy atom. The fourth-order valence-corrected chi connectivity index (χ4v) is 21.2. The van der Waals surface area contributed by atoms with Crippen LogP contribution in [-0.2, 0) is 14.3 Å². The third-order valence-electron chi connectivity index (χ3n) is 10.7. The zero-order chi connectivity index (χ0) is 30.7. The molecule has 0 N–H and O–H groups in total. The number of hydrogen-bond donors (Lipinski definition) is 0. The molecule has 43 heavy (non-hydrogen) atoms. The average molecular weight is 631 g/mol. The molecular weight excluding hydrogens is 575 g/mol. The van der Waals surface area contributed by atoms with E-state index in [9.17, 15) is 8.42 Å². The number of hydrogen-bond acceptors (Lipinski definition) is 5. The summed E-state index contributed by atoms with van der Waals surface area (Å²) in [5, 5.41) is 1.40. The minimum absolute atomic E-state index is 0.00679. The van der Waals surface area contributed by atoms with Gasteiger partial charge in [0.25, 0.3) is 0 Å². The zero-order valence-electron chi connectivity index (χ0n) is 27.2. The summed E-state index contributed by atoms with van der Waals surface area (Å²) < 4.78 is 46.0. The Balaban J connectivity index is 1.90. The molecule has 5 nitrogen and oxygen atoms in total. The maximum atomic E-state index is 13.2. The summed E-state index contributed by atoms with van der Waals surface area (Å²) in [6.45, 7) is 5.14. The Morgan fingerprint density at radius 2 is 1.19 bits per heavy atom. The fraction of sp³-hybridized carbons (Fsp3) is 0.667. The van der Waals surface area contributed by atoms with E-state index in [1.54, 1.807) is 0 Å². The molecule has 0 bridgehead atoms. The van der Waals surface area contributed by atoms with Crippen LogP contribution in [0.3, 0.4) is 0 Å². The predicted octanol–water partition coefficient (Wildman–Crippen LogP) is 9.26. The summed E-state index contributed by atoms with van der Waals surface area (Å²) in [6, 6.07) is 15.2. The van der Waals surface area contributed by atoms with Crippen molar-refractivity contribution in [3.05, 3.63) is 42.5 Å². The predicted molar refractivity (Wildman–Crippen MR) is 182 cm³/mol. The van der Waals surface area contributed by atoms with Crippen molar-refractivity contribution in [2.24, 2.45) is 0 Å². The van der Waals surface area contributed by atoms with E-state index in [0.717, 1.165) is 42.5 Å². The van der Waals surface area contributed by atoms with Gasteiger partial charge in [-0.1, -0.05) is 0 Å². The number of ether oxygens (including phenoxy) is 2. The summed E-state index contributed by atoms with van der Waals surface area (Å²) in [6.07, 6.45) is 17.5. The van der Waals surface area contributed by atoms with Gasteiger partial charge in [-0.15, -0.1) is 0 Å². The second-order valence-corrected chi connectivity index (χ2v) is 21.7. The van der Waals surface area contributed by atoms with Gasteiger partial charge >= 0.3 is 262 Å². The molecule has 3 aliphatic rings. The molecule has 1 atom stereocenters. The first kappa shape index (κ1) is 32.8. The van der Waals surface area contributed by atoms with Crippen molar-refractivity contribution >= 4 is 22.0 Å². The number of rotatable bonds is 10. The van der Waals surface area contributed by atoms with E-state index in [1.807, 2.05) is 6.07 Å². The molecule has 0 amide bonds. The van der Waals surface area contributed by atoms with Crippen LogP contribution in [0.4, 0.5) is 0 Å². The molecule has 1 unspecified atom stereocenters. The summed E-state index contributed by atoms with van der Waals surface area (Å²) in [5.74, 6) is 1.40. The van der Waals surface area contributed by atoms with E-state index in [0.29, 0.717) is 11.3 Å². The van der Waals surface area contributed by atoms with E-state index in [1.165, 1.54) is 81.3 Å². The van der Waals surface area contributed by atoms with Gasteiger partial charge in [-0.05, 0) is 0 Å². The zero-order valence-corrected chi connectivity index (χ0v) is 28.9. The minimum atomic E-state index is -3.66. The van der Waals surface area contributed by atoms with Crippen molar-refractivity contribution in [3.63, 3.8) is 0 Å². The summed E-state index contributed by atoms with van der Waals surface area (Å²) >= 11 is 0. The van der Waals surface area contributed by atoms with Crippen molar-refractivity contribution < 1.29 is 22.1 Å². The Labute approximate surface area is 261 Å². The van der Waals surface area contributed by atoms with Crippen LogP contribution in [0, 0.1) is 0 Å². The molecular formula is C36H55O5PS. The van der Waals surface area contributed by atoms with Crippen molar-refractivity contribution in [2.45, 2.75) is 141 Å². The molecule has 1 aliphatic heterocycles. The van der Waals surface area contributed by atoms with Crippen LogP contribution >= 0.6 is 6.60 Å². The molecule has 240 valence electrons. The first-order valence-electron chi connectivity index (χ1n) is 17.0. The van der Waals surface area contributed by atoms with Gasteiger partial charge in [-0.2, -0.15) is 0 Å². The van der Waals surface area contributed by atoms with Crippen LogP contribution < -0.4 is 14.8 Å². The normalized spacial score (nSPS) is 24.3. The molecule has 1 saturated heterocycles. The van der Waals surface area contributed by atoms with Crippen LogP contribution in [0.25, 0.3) is 11.1 Å². The molecule has 2 aromatic rings. The van der Waals surface area contributed by atoms with Gasteiger partial charge in [0.1, 0.15) is 0 Å². The van der Waals surface area contributed by atoms with Gasteiger partial charge in [-0.25, -0.2) is 0 Å². The Kier molecular flexibility index (Phi) is 10.2. The third kappa shape index (κ3) is 6.27. The van der Waals surface area contributed by atoms with E-state index in [2.05, 4.69) is 64.1 Å². The Bertz CT molecular complexity index is 1290. The van der Waals surface area contributed by atoms with E-state index in [-0.39, 0.29) is 18.1 Å². The maximum absolute atomic E-state index is 13.2. The average Bonchev–Trinajstić information content (AvgIpc) is 2.98. The fourth-order valence-electron chi connectivity index (χ4n) is 9.41. The topological polar surface area (TPSA) is 61.8 Å². The van der Waals surface area contributed by atoms with Crippen LogP contribution in [-0.4, -0.2) is 50.2 Å². The van der Waals surface area contributed by atoms with Gasteiger partial charge in [0.05, 0.1) is 0 Å². The second kappa shape index (κ2) is 13.4. The van der Waals surface area contributed by atoms with Gasteiger partial charge in [-0.3, -0.25) is 0 Å². The van der Waals surface area contributed by atoms with E-state index in [4.69, 9.17) is 13.7 Å². The molecule has 3 fully saturated rings. The van der Waals surface area contributed by atoms with E-state index < -0.39 is 16.7 Å². The SMILES string of the molecule is CC(C)Oc1cccc(OC(C)C)c1-c1ccccc1P1(C2CCCCC2)(C2CCCCC2)CCCCC1OS(C)(=O)=O. The van der Waals surface area contributed by atoms with Gasteiger partial charge in [0.15, 0.2) is 0 Å². The second-order valence-electron chi connectivity index (χ2n) is 14.1. The van der Waals surface area contributed by atoms with Gasteiger partial charge in [0, 0.05) is 0 Å². The monoisotopic (exact) mass is 630 g/mol. The van der Waals surface area contributed by atoms with Gasteiger partial charge in [0.2, 0.25) is 0 Å². The summed E-state index contributed by atoms with van der Waals surface area (Å²) in [4.78, 5) is 0. The Morgan fingerprint density at radius 1 is 0.674 bits per heavy atom. The third-order valence-corrected chi connectivity index (χ3v) is 20.5. The summed E-state index contributed by atoms with van der Waals surface area (Å²) in [7, 11) is -3.66. The van der Waals surface area contributed by atoms with Crippen molar-refractivity contribution in [3.8, 4) is 22.6 Å². The molecule has 0 radical (unpaired) electrons. The van der Waals surface area contributed by atoms with Crippen molar-refractivity contribution in [1.82, 2.24) is 0 Å². The van der Waals surface area contributed by atoms with Gasteiger partial charge < -0.3 is 0 Å². The molecule has 0 aromatic heterocycles. The molecule has 2 aromatic carbocycles. The van der Waals surface area contributed by atoms with Crippen LogP contribution in [0.15, 0.2) is 42.5 Å². The van der Waals surface area contributed by atoms with Crippen molar-refractivity contribution in [1.29, 1.82) is 0 Å². The van der Waals surface area contributed by atoms with Crippen molar-refractivity contribution in [2.75, 3.05) is 12.4 Å². The van der Waals surface area contributed by atoms with Crippen LogP contribution in [0.2, 0.25) is 0 Å². The molecule has 7 heteroatoms. The molecule has 1 heterocycles. The Hall–Kier alpha value is -1.62. The quantitative estimate of drug-likeness (QED) is 0.193. The standard InChI is InChI=1S/C36H55O5PS/c1-27(2)39-32-22-16-23-33(40-28(3)4)36(32)31-21-12-13-24-34(31)42(29-17-8-6-9-18-29,30-19-10-7-11-20-30)26-15-14-25-35(42)41-43(5,37)38/h12-13,16,21-24,27-30,35H,6-11,14-15,17-20,25-26H2,1-5H3. The molecule has 0 spiro atoms. The van der Waals surface area contributed by atoms with E-state index >= 15 is 0 Å². The molecule has 5 rings (SSSR count). The van der Waals surface area contributed by atoms with Crippen LogP contribution in [0.5, 0.6) is 11.5 Å². The van der Waals surface area contributed by atoms with Crippen LogP contribution in [0.1, 0.15) is 111 Å². The molecule has 2 saturated carbocycles. The molecule has 2 aliphatic carbocycles. The number of benzene rings is 2. The first-order valence-corrected chi connectivity index (χ1v) is 21.5. The summed E-state index contributed by atoms with van der Waals surface area (Å²) in [5.41, 5.74) is 3.14. The first-order chi connectivity index (χ1) is 20.6.